The Kier molecular flexibility index (Phi) is 4.05. The van der Waals surface area contributed by atoms with Crippen molar-refractivity contribution in [3.05, 3.63) is 42.6 Å². The van der Waals surface area contributed by atoms with Gasteiger partial charge in [-0.1, -0.05) is 19.9 Å². The summed E-state index contributed by atoms with van der Waals surface area (Å²) in [6.45, 7) is 13.4. The van der Waals surface area contributed by atoms with Crippen molar-refractivity contribution in [2.24, 2.45) is 0 Å². The third kappa shape index (κ3) is 3.70. The third-order valence-corrected chi connectivity index (χ3v) is 3.39. The first-order chi connectivity index (χ1) is 10.1. The van der Waals surface area contributed by atoms with E-state index in [1.165, 1.54) is 0 Å². The number of allylic oxidation sites excluding steroid dienone is 1. The highest BCUT2D eigenvalue weighted by Crippen LogP contribution is 2.29. The van der Waals surface area contributed by atoms with E-state index < -0.39 is 11.8 Å². The summed E-state index contributed by atoms with van der Waals surface area (Å²) in [5.41, 5.74) is 1.25. The van der Waals surface area contributed by atoms with Crippen molar-refractivity contribution in [3.63, 3.8) is 0 Å². The van der Waals surface area contributed by atoms with Crippen LogP contribution in [-0.2, 0) is 10.2 Å². The molecule has 4 heteroatoms. The molecule has 0 amide bonds. The van der Waals surface area contributed by atoms with Gasteiger partial charge in [0, 0.05) is 22.7 Å². The van der Waals surface area contributed by atoms with E-state index in [1.807, 2.05) is 12.1 Å². The standard InChI is InChI=1S/C18H23NO3/c1-7-18(5,6)15-10-12-8-9-13(11-14(12)19-15)21-16(20)22-17(2,3)4/h7-11,19H,1H2,2-6H3. The van der Waals surface area contributed by atoms with Crippen LogP contribution < -0.4 is 4.74 Å². The molecule has 0 unspecified atom stereocenters. The molecule has 1 N–H and O–H groups in total. The number of carbonyl (C=O) groups excluding carboxylic acids is 1. The van der Waals surface area contributed by atoms with E-state index in [4.69, 9.17) is 9.47 Å². The first kappa shape index (κ1) is 16.1. The zero-order valence-corrected chi connectivity index (χ0v) is 13.8. The summed E-state index contributed by atoms with van der Waals surface area (Å²) >= 11 is 0. The lowest BCUT2D eigenvalue weighted by atomic mass is 9.90. The van der Waals surface area contributed by atoms with Crippen LogP contribution in [-0.4, -0.2) is 16.7 Å². The monoisotopic (exact) mass is 301 g/mol. The first-order valence-corrected chi connectivity index (χ1v) is 7.28. The molecule has 2 rings (SSSR count). The topological polar surface area (TPSA) is 51.3 Å². The van der Waals surface area contributed by atoms with Gasteiger partial charge in [-0.25, -0.2) is 4.79 Å². The Bertz CT molecular complexity index is 705. The molecule has 118 valence electrons. The largest absolute Gasteiger partial charge is 0.514 e. The molecule has 0 aliphatic heterocycles. The second-order valence-electron chi connectivity index (χ2n) is 6.92. The van der Waals surface area contributed by atoms with Crippen LogP contribution in [0.2, 0.25) is 0 Å². The number of hydrogen-bond acceptors (Lipinski definition) is 3. The lowest BCUT2D eigenvalue weighted by molar-refractivity contribution is 0.0206. The highest BCUT2D eigenvalue weighted by Gasteiger charge is 2.20. The summed E-state index contributed by atoms with van der Waals surface area (Å²) in [6, 6.07) is 7.54. The van der Waals surface area contributed by atoms with E-state index in [2.05, 4.69) is 31.5 Å². The summed E-state index contributed by atoms with van der Waals surface area (Å²) in [7, 11) is 0. The Labute approximate surface area is 131 Å². The van der Waals surface area contributed by atoms with Crippen molar-refractivity contribution in [3.8, 4) is 5.75 Å². The van der Waals surface area contributed by atoms with Crippen LogP contribution in [0, 0.1) is 0 Å². The predicted octanol–water partition coefficient (Wildman–Crippen LogP) is 4.95. The molecule has 1 aromatic carbocycles. The Hall–Kier alpha value is -2.23. The maximum absolute atomic E-state index is 11.7. The fraction of sp³-hybridized carbons (Fsp3) is 0.389. The Morgan fingerprint density at radius 3 is 2.45 bits per heavy atom. The van der Waals surface area contributed by atoms with Gasteiger partial charge in [-0.15, -0.1) is 6.58 Å². The lowest BCUT2D eigenvalue weighted by Crippen LogP contribution is -2.25. The second kappa shape index (κ2) is 5.52. The molecule has 22 heavy (non-hydrogen) atoms. The number of rotatable bonds is 3. The maximum atomic E-state index is 11.7. The van der Waals surface area contributed by atoms with Gasteiger partial charge in [-0.3, -0.25) is 0 Å². The van der Waals surface area contributed by atoms with Gasteiger partial charge in [0.1, 0.15) is 11.4 Å². The van der Waals surface area contributed by atoms with Gasteiger partial charge in [0.15, 0.2) is 0 Å². The van der Waals surface area contributed by atoms with Gasteiger partial charge in [0.25, 0.3) is 0 Å². The Balaban J connectivity index is 2.24. The quantitative estimate of drug-likeness (QED) is 0.496. The highest BCUT2D eigenvalue weighted by molar-refractivity contribution is 5.83. The molecule has 0 saturated heterocycles. The first-order valence-electron chi connectivity index (χ1n) is 7.28. The van der Waals surface area contributed by atoms with Gasteiger partial charge in [-0.2, -0.15) is 0 Å². The molecule has 0 atom stereocenters. The minimum atomic E-state index is -0.704. The molecule has 0 fully saturated rings. The Morgan fingerprint density at radius 1 is 1.18 bits per heavy atom. The number of H-pyrrole nitrogens is 1. The number of nitrogens with one attached hydrogen (secondary N) is 1. The van der Waals surface area contributed by atoms with Crippen LogP contribution in [0.3, 0.4) is 0 Å². The highest BCUT2D eigenvalue weighted by atomic mass is 16.7. The third-order valence-electron chi connectivity index (χ3n) is 3.39. The van der Waals surface area contributed by atoms with Crippen molar-refractivity contribution in [1.29, 1.82) is 0 Å². The van der Waals surface area contributed by atoms with Crippen molar-refractivity contribution in [2.75, 3.05) is 0 Å². The number of hydrogen-bond donors (Lipinski definition) is 1. The zero-order valence-electron chi connectivity index (χ0n) is 13.8. The molecule has 4 nitrogen and oxygen atoms in total. The summed E-state index contributed by atoms with van der Waals surface area (Å²) in [6.07, 6.45) is 1.19. The number of fused-ring (bicyclic) bond motifs is 1. The average molecular weight is 301 g/mol. The summed E-state index contributed by atoms with van der Waals surface area (Å²) in [5, 5.41) is 1.06. The maximum Gasteiger partial charge on any atom is 0.514 e. The second-order valence-corrected chi connectivity index (χ2v) is 6.92. The van der Waals surface area contributed by atoms with Crippen LogP contribution in [0.4, 0.5) is 4.79 Å². The van der Waals surface area contributed by atoms with E-state index in [0.717, 1.165) is 16.6 Å². The van der Waals surface area contributed by atoms with Crippen LogP contribution >= 0.6 is 0 Å². The lowest BCUT2D eigenvalue weighted by Gasteiger charge is -2.18. The number of aromatic nitrogens is 1. The van der Waals surface area contributed by atoms with Crippen LogP contribution in [0.1, 0.15) is 40.3 Å². The molecule has 0 saturated carbocycles. The van der Waals surface area contributed by atoms with Gasteiger partial charge in [0.2, 0.25) is 0 Å². The van der Waals surface area contributed by atoms with Gasteiger partial charge < -0.3 is 14.5 Å². The van der Waals surface area contributed by atoms with Crippen LogP contribution in [0.5, 0.6) is 5.75 Å². The van der Waals surface area contributed by atoms with Crippen molar-refractivity contribution in [2.45, 2.75) is 45.6 Å². The van der Waals surface area contributed by atoms with Crippen molar-refractivity contribution < 1.29 is 14.3 Å². The van der Waals surface area contributed by atoms with E-state index in [9.17, 15) is 4.79 Å². The predicted molar refractivity (Wildman–Crippen MR) is 88.4 cm³/mol. The fourth-order valence-corrected chi connectivity index (χ4v) is 1.99. The summed E-state index contributed by atoms with van der Waals surface area (Å²) in [5.74, 6) is 0.451. The SMILES string of the molecule is C=CC(C)(C)c1cc2ccc(OC(=O)OC(C)(C)C)cc2[nH]1. The molecule has 0 radical (unpaired) electrons. The number of carbonyl (C=O) groups is 1. The number of benzene rings is 1. The Morgan fingerprint density at radius 2 is 1.86 bits per heavy atom. The minimum Gasteiger partial charge on any atom is -0.428 e. The molecule has 0 aliphatic rings. The van der Waals surface area contributed by atoms with Gasteiger partial charge >= 0.3 is 6.16 Å². The molecule has 1 aromatic heterocycles. The molecule has 2 aromatic rings. The zero-order chi connectivity index (χ0) is 16.5. The number of ether oxygens (including phenoxy) is 2. The van der Waals surface area contributed by atoms with Crippen LogP contribution in [0.25, 0.3) is 10.9 Å². The molecule has 1 heterocycles. The van der Waals surface area contributed by atoms with E-state index >= 15 is 0 Å². The molecule has 0 bridgehead atoms. The minimum absolute atomic E-state index is 0.148. The smallest absolute Gasteiger partial charge is 0.428 e. The van der Waals surface area contributed by atoms with Crippen LogP contribution in [0.15, 0.2) is 36.9 Å². The van der Waals surface area contributed by atoms with Crippen molar-refractivity contribution >= 4 is 17.1 Å². The van der Waals surface area contributed by atoms with E-state index in [1.54, 1.807) is 32.9 Å². The average Bonchev–Trinajstić information content (AvgIpc) is 2.80. The summed E-state index contributed by atoms with van der Waals surface area (Å²) < 4.78 is 10.4. The van der Waals surface area contributed by atoms with E-state index in [-0.39, 0.29) is 5.41 Å². The molecular weight excluding hydrogens is 278 g/mol. The molecular formula is C18H23NO3. The molecule has 0 aliphatic carbocycles. The van der Waals surface area contributed by atoms with Gasteiger partial charge in [-0.05, 0) is 44.4 Å². The normalized spacial score (nSPS) is 12.2. The van der Waals surface area contributed by atoms with Crippen molar-refractivity contribution in [1.82, 2.24) is 4.98 Å². The van der Waals surface area contributed by atoms with E-state index in [0.29, 0.717) is 5.75 Å². The number of aromatic amines is 1. The summed E-state index contributed by atoms with van der Waals surface area (Å²) in [4.78, 5) is 15.1. The molecule has 0 spiro atoms. The van der Waals surface area contributed by atoms with Gasteiger partial charge in [0.05, 0.1) is 0 Å². The fourth-order valence-electron chi connectivity index (χ4n) is 1.99.